The molecule has 4 heteroatoms. The summed E-state index contributed by atoms with van der Waals surface area (Å²) in [5.74, 6) is 0. The number of rotatable bonds is 4. The van der Waals surface area contributed by atoms with E-state index in [0.717, 1.165) is 13.1 Å². The maximum atomic E-state index is 4.14. The molecule has 1 aliphatic heterocycles. The quantitative estimate of drug-likeness (QED) is 0.375. The molecule has 4 aromatic rings. The van der Waals surface area contributed by atoms with Gasteiger partial charge in [0, 0.05) is 49.3 Å². The van der Waals surface area contributed by atoms with Crippen molar-refractivity contribution in [2.45, 2.75) is 27.7 Å². The van der Waals surface area contributed by atoms with Gasteiger partial charge in [0.1, 0.15) is 0 Å². The summed E-state index contributed by atoms with van der Waals surface area (Å²) in [7, 11) is 0. The fraction of sp³-hybridized carbons (Fsp3) is 0.207. The predicted molar refractivity (Wildman–Crippen MR) is 136 cm³/mol. The highest BCUT2D eigenvalue weighted by Crippen LogP contribution is 2.37. The van der Waals surface area contributed by atoms with E-state index in [2.05, 4.69) is 103 Å². The van der Waals surface area contributed by atoms with Crippen LogP contribution < -0.4 is 9.80 Å². The van der Waals surface area contributed by atoms with E-state index in [1.165, 1.54) is 55.9 Å². The van der Waals surface area contributed by atoms with Crippen molar-refractivity contribution in [1.82, 2.24) is 9.97 Å². The minimum Gasteiger partial charge on any atom is -0.339 e. The molecule has 5 rings (SSSR count). The first kappa shape index (κ1) is 21.2. The first-order valence-corrected chi connectivity index (χ1v) is 11.4. The second kappa shape index (κ2) is 8.70. The average molecular weight is 433 g/mol. The molecule has 33 heavy (non-hydrogen) atoms. The van der Waals surface area contributed by atoms with Crippen LogP contribution in [-0.2, 0) is 0 Å². The fourth-order valence-electron chi connectivity index (χ4n) is 4.95. The van der Waals surface area contributed by atoms with Crippen molar-refractivity contribution in [1.29, 1.82) is 0 Å². The molecule has 2 aromatic carbocycles. The monoisotopic (exact) mass is 432 g/mol. The molecule has 0 aliphatic carbocycles. The Kier molecular flexibility index (Phi) is 5.59. The van der Waals surface area contributed by atoms with Crippen LogP contribution in [0.4, 0.5) is 11.4 Å². The van der Waals surface area contributed by atoms with E-state index in [-0.39, 0.29) is 0 Å². The van der Waals surface area contributed by atoms with E-state index in [1.807, 2.05) is 24.8 Å². The molecular weight excluding hydrogens is 404 g/mol. The Hall–Kier alpha value is -3.66. The van der Waals surface area contributed by atoms with Gasteiger partial charge in [-0.3, -0.25) is 9.97 Å². The van der Waals surface area contributed by atoms with Crippen molar-refractivity contribution in [3.05, 3.63) is 102 Å². The van der Waals surface area contributed by atoms with Crippen LogP contribution in [0.1, 0.15) is 22.3 Å². The van der Waals surface area contributed by atoms with E-state index in [0.29, 0.717) is 0 Å². The molecule has 0 amide bonds. The van der Waals surface area contributed by atoms with Crippen LogP contribution in [0.5, 0.6) is 0 Å². The molecule has 0 spiro atoms. The van der Waals surface area contributed by atoms with Gasteiger partial charge in [0.05, 0.1) is 0 Å². The first-order chi connectivity index (χ1) is 16.0. The molecule has 0 bridgehead atoms. The van der Waals surface area contributed by atoms with E-state index < -0.39 is 0 Å². The Bertz CT molecular complexity index is 1130. The van der Waals surface area contributed by atoms with Gasteiger partial charge in [0.2, 0.25) is 6.67 Å². The smallest absolute Gasteiger partial charge is 0.208 e. The number of hydrogen-bond acceptors (Lipinski definition) is 4. The van der Waals surface area contributed by atoms with Crippen molar-refractivity contribution in [2.24, 2.45) is 0 Å². The Balaban J connectivity index is 1.41. The minimum absolute atomic E-state index is 0.918. The number of pyridine rings is 2. The van der Waals surface area contributed by atoms with Crippen LogP contribution in [0.25, 0.3) is 22.3 Å². The molecule has 2 radical (unpaired) electrons. The zero-order chi connectivity index (χ0) is 22.9. The van der Waals surface area contributed by atoms with Crippen molar-refractivity contribution >= 4 is 11.4 Å². The van der Waals surface area contributed by atoms with Crippen LogP contribution in [0, 0.1) is 34.4 Å². The Morgan fingerprint density at radius 2 is 0.879 bits per heavy atom. The third-order valence-electron chi connectivity index (χ3n) is 6.34. The average Bonchev–Trinajstić information content (AvgIpc) is 3.28. The minimum atomic E-state index is 0.918. The molecule has 1 aliphatic rings. The van der Waals surface area contributed by atoms with E-state index in [1.54, 1.807) is 0 Å². The number of aryl methyl sites for hydroxylation is 4. The Morgan fingerprint density at radius 3 is 1.21 bits per heavy atom. The van der Waals surface area contributed by atoms with Gasteiger partial charge < -0.3 is 9.80 Å². The summed E-state index contributed by atoms with van der Waals surface area (Å²) >= 11 is 0. The topological polar surface area (TPSA) is 32.3 Å². The lowest BCUT2D eigenvalue weighted by Gasteiger charge is -2.25. The van der Waals surface area contributed by atoms with Crippen molar-refractivity contribution in [2.75, 3.05) is 22.9 Å². The van der Waals surface area contributed by atoms with Gasteiger partial charge in [0.25, 0.3) is 0 Å². The van der Waals surface area contributed by atoms with Crippen LogP contribution in [-0.4, -0.2) is 23.1 Å². The predicted octanol–water partition coefficient (Wildman–Crippen LogP) is 6.37. The lowest BCUT2D eigenvalue weighted by Crippen LogP contribution is -2.21. The Labute approximate surface area is 196 Å². The summed E-state index contributed by atoms with van der Waals surface area (Å²) in [6.45, 7) is 14.3. The summed E-state index contributed by atoms with van der Waals surface area (Å²) in [5, 5.41) is 0. The molecule has 2 aromatic heterocycles. The first-order valence-electron chi connectivity index (χ1n) is 11.4. The maximum absolute atomic E-state index is 4.14. The lowest BCUT2D eigenvalue weighted by molar-refractivity contribution is 1.01. The second-order valence-electron chi connectivity index (χ2n) is 8.79. The summed E-state index contributed by atoms with van der Waals surface area (Å²) in [6.07, 6.45) is 7.38. The molecule has 3 heterocycles. The molecule has 1 saturated heterocycles. The highest BCUT2D eigenvalue weighted by molar-refractivity contribution is 5.76. The Morgan fingerprint density at radius 1 is 0.545 bits per heavy atom. The van der Waals surface area contributed by atoms with Crippen molar-refractivity contribution in [3.63, 3.8) is 0 Å². The van der Waals surface area contributed by atoms with Crippen LogP contribution in [0.2, 0.25) is 0 Å². The van der Waals surface area contributed by atoms with Gasteiger partial charge in [-0.2, -0.15) is 0 Å². The zero-order valence-electron chi connectivity index (χ0n) is 19.6. The summed E-state index contributed by atoms with van der Waals surface area (Å²) in [5.41, 5.74) is 12.4. The number of aromatic nitrogens is 2. The molecule has 1 fully saturated rings. The van der Waals surface area contributed by atoms with E-state index >= 15 is 0 Å². The molecule has 0 unspecified atom stereocenters. The number of hydrogen-bond donors (Lipinski definition) is 0. The van der Waals surface area contributed by atoms with Gasteiger partial charge in [-0.25, -0.2) is 0 Å². The highest BCUT2D eigenvalue weighted by Gasteiger charge is 2.27. The van der Waals surface area contributed by atoms with Gasteiger partial charge in [-0.1, -0.05) is 0 Å². The van der Waals surface area contributed by atoms with Crippen LogP contribution in [0.3, 0.4) is 0 Å². The normalized spacial score (nSPS) is 13.6. The van der Waals surface area contributed by atoms with Crippen molar-refractivity contribution < 1.29 is 0 Å². The fourth-order valence-corrected chi connectivity index (χ4v) is 4.95. The molecular formula is C29H28N4. The van der Waals surface area contributed by atoms with Gasteiger partial charge >= 0.3 is 0 Å². The van der Waals surface area contributed by atoms with Gasteiger partial charge in [0.15, 0.2) is 0 Å². The molecule has 164 valence electrons. The summed E-state index contributed by atoms with van der Waals surface area (Å²) in [4.78, 5) is 12.8. The highest BCUT2D eigenvalue weighted by atomic mass is 15.4. The maximum Gasteiger partial charge on any atom is 0.208 e. The molecule has 0 N–H and O–H groups in total. The van der Waals surface area contributed by atoms with Crippen LogP contribution >= 0.6 is 0 Å². The lowest BCUT2D eigenvalue weighted by atomic mass is 9.99. The summed E-state index contributed by atoms with van der Waals surface area (Å²) < 4.78 is 0. The third kappa shape index (κ3) is 4.09. The molecule has 0 saturated carbocycles. The number of benzene rings is 2. The van der Waals surface area contributed by atoms with Gasteiger partial charge in [-0.05, 0) is 121 Å². The molecule has 4 nitrogen and oxygen atoms in total. The second-order valence-corrected chi connectivity index (χ2v) is 8.79. The van der Waals surface area contributed by atoms with Crippen LogP contribution in [0.15, 0.2) is 73.3 Å². The van der Waals surface area contributed by atoms with E-state index in [4.69, 9.17) is 0 Å². The standard InChI is InChI=1S/C29H28N4/c1-20-15-26(24-5-9-30-10-6-24)16-21(2)28(20)32-13-14-33(19-32)29-22(3)17-27(18-23(29)4)25-7-11-31-12-8-25/h5-12,15-18H,13-14H2,1-4H3. The number of nitrogens with zero attached hydrogens (tertiary/aromatic N) is 4. The van der Waals surface area contributed by atoms with Gasteiger partial charge in [-0.15, -0.1) is 0 Å². The third-order valence-corrected chi connectivity index (χ3v) is 6.34. The summed E-state index contributed by atoms with van der Waals surface area (Å²) in [6, 6.07) is 17.3. The zero-order valence-corrected chi connectivity index (χ0v) is 19.6. The largest absolute Gasteiger partial charge is 0.339 e. The van der Waals surface area contributed by atoms with Crippen molar-refractivity contribution in [3.8, 4) is 22.3 Å². The van der Waals surface area contributed by atoms with E-state index in [9.17, 15) is 0 Å². The SMILES string of the molecule is Cc1cc(-c2ccncc2)cc(C)c1N1[C]N(c2c(C)cc(-c3ccncc3)cc2C)CC1. The molecule has 0 atom stereocenters. The number of anilines is 2.